The molecule has 0 bridgehead atoms. The van der Waals surface area contributed by atoms with Crippen LogP contribution < -0.4 is 25.4 Å². The van der Waals surface area contributed by atoms with Crippen molar-refractivity contribution >= 4 is 29.3 Å². The summed E-state index contributed by atoms with van der Waals surface area (Å²) in [5, 5.41) is 18.7. The summed E-state index contributed by atoms with van der Waals surface area (Å²) in [7, 11) is 3.26. The van der Waals surface area contributed by atoms with E-state index < -0.39 is 12.1 Å². The highest BCUT2D eigenvalue weighted by atomic mass is 16.5. The van der Waals surface area contributed by atoms with Crippen LogP contribution in [0.1, 0.15) is 56.3 Å². The zero-order valence-electron chi connectivity index (χ0n) is 24.9. The number of benzene rings is 2. The fourth-order valence-corrected chi connectivity index (χ4v) is 5.40. The minimum Gasteiger partial charge on any atom is -0.497 e. The summed E-state index contributed by atoms with van der Waals surface area (Å²) in [6.45, 7) is 4.06. The standard InChI is InChI=1S/C31H43N5O6/c1-20-17-36(21(2)19-37)29(38)25-11-8-12-26(34-30(39)32-22-9-6-5-7-10-22)28(25)42-27(20)18-35(3)31(40)33-23-13-15-24(41-4)16-14-23/h8,11-16,20-22,27,37H,5-7,9-10,17-19H2,1-4H3,(H,33,40)(H2,32,34,39)/t20-,21+,27+/m1/s1. The van der Waals surface area contributed by atoms with Crippen molar-refractivity contribution in [2.24, 2.45) is 5.92 Å². The van der Waals surface area contributed by atoms with Gasteiger partial charge < -0.3 is 40.3 Å². The third-order valence-corrected chi connectivity index (χ3v) is 8.02. The van der Waals surface area contributed by atoms with E-state index >= 15 is 0 Å². The van der Waals surface area contributed by atoms with Crippen LogP contribution in [0.3, 0.4) is 0 Å². The number of fused-ring (bicyclic) bond motifs is 1. The van der Waals surface area contributed by atoms with Crippen LogP contribution in [0, 0.1) is 5.92 Å². The number of para-hydroxylation sites is 1. The molecule has 0 radical (unpaired) electrons. The van der Waals surface area contributed by atoms with E-state index in [1.165, 1.54) is 11.3 Å². The first-order valence-electron chi connectivity index (χ1n) is 14.6. The van der Waals surface area contributed by atoms with Crippen LogP contribution in [-0.4, -0.2) is 84.9 Å². The lowest BCUT2D eigenvalue weighted by Gasteiger charge is -2.38. The van der Waals surface area contributed by atoms with Gasteiger partial charge >= 0.3 is 12.1 Å². The summed E-state index contributed by atoms with van der Waals surface area (Å²) in [6, 6.07) is 11.1. The van der Waals surface area contributed by atoms with Gasteiger partial charge in [0.25, 0.3) is 5.91 Å². The molecule has 2 aliphatic rings. The molecule has 42 heavy (non-hydrogen) atoms. The number of likely N-dealkylation sites (N-methyl/N-ethyl adjacent to an activating group) is 1. The number of rotatable bonds is 8. The average molecular weight is 582 g/mol. The van der Waals surface area contributed by atoms with Crippen LogP contribution in [0.5, 0.6) is 11.5 Å². The molecule has 3 atom stereocenters. The molecule has 1 aliphatic carbocycles. The fraction of sp³-hybridized carbons (Fsp3) is 0.516. The van der Waals surface area contributed by atoms with E-state index in [0.717, 1.165) is 25.7 Å². The molecule has 5 amide bonds. The second kappa shape index (κ2) is 14.3. The normalized spacial score (nSPS) is 19.8. The van der Waals surface area contributed by atoms with Gasteiger partial charge in [-0.1, -0.05) is 32.3 Å². The van der Waals surface area contributed by atoms with Crippen molar-refractivity contribution in [3.8, 4) is 11.5 Å². The van der Waals surface area contributed by atoms with E-state index in [1.807, 2.05) is 6.92 Å². The fourth-order valence-electron chi connectivity index (χ4n) is 5.40. The molecular formula is C31H43N5O6. The number of urea groups is 2. The van der Waals surface area contributed by atoms with Crippen molar-refractivity contribution < 1.29 is 29.0 Å². The molecule has 0 spiro atoms. The highest BCUT2D eigenvalue weighted by molar-refractivity contribution is 6.01. The van der Waals surface area contributed by atoms with Crippen LogP contribution in [0.4, 0.5) is 21.0 Å². The Balaban J connectivity index is 1.57. The highest BCUT2D eigenvalue weighted by Gasteiger charge is 2.35. The maximum absolute atomic E-state index is 13.7. The monoisotopic (exact) mass is 581 g/mol. The average Bonchev–Trinajstić information content (AvgIpc) is 2.99. The molecule has 0 unspecified atom stereocenters. The second-order valence-electron chi connectivity index (χ2n) is 11.3. The predicted molar refractivity (Wildman–Crippen MR) is 161 cm³/mol. The highest BCUT2D eigenvalue weighted by Crippen LogP contribution is 2.35. The number of methoxy groups -OCH3 is 1. The Morgan fingerprint density at radius 2 is 1.83 bits per heavy atom. The molecule has 4 rings (SSSR count). The van der Waals surface area contributed by atoms with Crippen molar-refractivity contribution in [3.05, 3.63) is 48.0 Å². The molecule has 0 saturated heterocycles. The van der Waals surface area contributed by atoms with Gasteiger partial charge in [0.05, 0.1) is 37.6 Å². The molecule has 11 nitrogen and oxygen atoms in total. The molecule has 2 aromatic rings. The van der Waals surface area contributed by atoms with Crippen LogP contribution >= 0.6 is 0 Å². The lowest BCUT2D eigenvalue weighted by molar-refractivity contribution is 0.0373. The summed E-state index contributed by atoms with van der Waals surface area (Å²) in [5.74, 6) is 0.428. The predicted octanol–water partition coefficient (Wildman–Crippen LogP) is 4.53. The van der Waals surface area contributed by atoms with Crippen LogP contribution in [0.25, 0.3) is 0 Å². The Morgan fingerprint density at radius 1 is 1.12 bits per heavy atom. The van der Waals surface area contributed by atoms with E-state index in [2.05, 4.69) is 16.0 Å². The number of anilines is 2. The zero-order chi connectivity index (χ0) is 30.2. The summed E-state index contributed by atoms with van der Waals surface area (Å²) >= 11 is 0. The Morgan fingerprint density at radius 3 is 2.50 bits per heavy atom. The Bertz CT molecular complexity index is 1230. The van der Waals surface area contributed by atoms with Gasteiger partial charge in [0.2, 0.25) is 0 Å². The van der Waals surface area contributed by atoms with Crippen LogP contribution in [0.2, 0.25) is 0 Å². The van der Waals surface area contributed by atoms with Gasteiger partial charge in [0.1, 0.15) is 11.9 Å². The maximum Gasteiger partial charge on any atom is 0.321 e. The SMILES string of the molecule is COc1ccc(NC(=O)N(C)C[C@@H]2Oc3c(NC(=O)NC4CCCCC4)cccc3C(=O)N([C@@H](C)CO)C[C@H]2C)cc1. The van der Waals surface area contributed by atoms with Gasteiger partial charge in [0, 0.05) is 31.2 Å². The van der Waals surface area contributed by atoms with Crippen molar-refractivity contribution in [1.29, 1.82) is 0 Å². The largest absolute Gasteiger partial charge is 0.497 e. The van der Waals surface area contributed by atoms with E-state index in [1.54, 1.807) is 68.4 Å². The van der Waals surface area contributed by atoms with Crippen molar-refractivity contribution in [2.75, 3.05) is 44.5 Å². The number of aliphatic hydroxyl groups excluding tert-OH is 1. The van der Waals surface area contributed by atoms with Gasteiger partial charge in [-0.25, -0.2) is 9.59 Å². The molecular weight excluding hydrogens is 538 g/mol. The van der Waals surface area contributed by atoms with Gasteiger partial charge in [-0.15, -0.1) is 0 Å². The maximum atomic E-state index is 13.7. The first kappa shape index (κ1) is 31.0. The number of amides is 5. The smallest absolute Gasteiger partial charge is 0.321 e. The minimum absolute atomic E-state index is 0.110. The van der Waals surface area contributed by atoms with E-state index in [-0.39, 0.29) is 54.4 Å². The van der Waals surface area contributed by atoms with E-state index in [9.17, 15) is 19.5 Å². The number of ether oxygens (including phenoxy) is 2. The van der Waals surface area contributed by atoms with Gasteiger partial charge in [0.15, 0.2) is 5.75 Å². The van der Waals surface area contributed by atoms with Crippen molar-refractivity contribution in [2.45, 2.75) is 64.1 Å². The number of hydrogen-bond donors (Lipinski definition) is 4. The molecule has 1 fully saturated rings. The first-order chi connectivity index (χ1) is 20.2. The number of carbonyl (C=O) groups is 3. The van der Waals surface area contributed by atoms with Gasteiger partial charge in [-0.3, -0.25) is 4.79 Å². The second-order valence-corrected chi connectivity index (χ2v) is 11.3. The number of carbonyl (C=O) groups excluding carboxylic acids is 3. The van der Waals surface area contributed by atoms with E-state index in [0.29, 0.717) is 23.7 Å². The number of hydrogen-bond acceptors (Lipinski definition) is 6. The molecule has 228 valence electrons. The molecule has 0 aromatic heterocycles. The van der Waals surface area contributed by atoms with Crippen molar-refractivity contribution in [3.63, 3.8) is 0 Å². The summed E-state index contributed by atoms with van der Waals surface area (Å²) in [4.78, 5) is 42.9. The van der Waals surface area contributed by atoms with Gasteiger partial charge in [-0.05, 0) is 56.2 Å². The Hall–Kier alpha value is -3.99. The lowest BCUT2D eigenvalue weighted by Crippen LogP contribution is -2.50. The molecule has 1 heterocycles. The number of aliphatic hydroxyl groups is 1. The van der Waals surface area contributed by atoms with Crippen LogP contribution in [0.15, 0.2) is 42.5 Å². The molecule has 11 heteroatoms. The Kier molecular flexibility index (Phi) is 10.5. The number of nitrogens with one attached hydrogen (secondary N) is 3. The quantitative estimate of drug-likeness (QED) is 0.362. The Labute approximate surface area is 247 Å². The summed E-state index contributed by atoms with van der Waals surface area (Å²) < 4.78 is 11.7. The third kappa shape index (κ3) is 7.64. The molecule has 4 N–H and O–H groups in total. The summed E-state index contributed by atoms with van der Waals surface area (Å²) in [6.07, 6.45) is 4.70. The molecule has 1 saturated carbocycles. The molecule has 1 aliphatic heterocycles. The van der Waals surface area contributed by atoms with Crippen LogP contribution in [-0.2, 0) is 0 Å². The topological polar surface area (TPSA) is 132 Å². The lowest BCUT2D eigenvalue weighted by atomic mass is 9.96. The van der Waals surface area contributed by atoms with Crippen molar-refractivity contribution in [1.82, 2.24) is 15.1 Å². The summed E-state index contributed by atoms with van der Waals surface area (Å²) in [5.41, 5.74) is 1.27. The first-order valence-corrected chi connectivity index (χ1v) is 14.6. The van der Waals surface area contributed by atoms with Gasteiger partial charge in [-0.2, -0.15) is 0 Å². The minimum atomic E-state index is -0.527. The zero-order valence-corrected chi connectivity index (χ0v) is 24.9. The molecule has 2 aromatic carbocycles. The third-order valence-electron chi connectivity index (χ3n) is 8.02. The number of nitrogens with zero attached hydrogens (tertiary/aromatic N) is 2. The van der Waals surface area contributed by atoms with E-state index in [4.69, 9.17) is 9.47 Å².